The number of hydrogen-bond acceptors (Lipinski definition) is 5. The maximum absolute atomic E-state index is 12.2. The van der Waals surface area contributed by atoms with Crippen LogP contribution in [0, 0.1) is 0 Å². The molecule has 8 heteroatoms. The summed E-state index contributed by atoms with van der Waals surface area (Å²) in [4.78, 5) is 28.6. The van der Waals surface area contributed by atoms with E-state index in [9.17, 15) is 14.7 Å². The number of aryl methyl sites for hydroxylation is 1. The summed E-state index contributed by atoms with van der Waals surface area (Å²) < 4.78 is 5.40. The Balaban J connectivity index is 1.33. The van der Waals surface area contributed by atoms with Crippen molar-refractivity contribution in [2.45, 2.75) is 58.3 Å². The summed E-state index contributed by atoms with van der Waals surface area (Å²) in [5.41, 5.74) is 6.55. The number of ether oxygens (including phenoxy) is 1. The minimum Gasteiger partial charge on any atom is -0.478 e. The molecule has 0 radical (unpaired) electrons. The van der Waals surface area contributed by atoms with E-state index >= 15 is 0 Å². The van der Waals surface area contributed by atoms with Gasteiger partial charge in [-0.25, -0.2) is 9.59 Å². The molecule has 3 aromatic rings. The summed E-state index contributed by atoms with van der Waals surface area (Å²) >= 11 is 6.17. The highest BCUT2D eigenvalue weighted by Gasteiger charge is 2.32. The lowest BCUT2D eigenvalue weighted by atomic mass is 9.92. The second kappa shape index (κ2) is 11.5. The topological polar surface area (TPSA) is 82.1 Å². The van der Waals surface area contributed by atoms with E-state index < -0.39 is 17.7 Å². The van der Waals surface area contributed by atoms with Crippen molar-refractivity contribution in [3.05, 3.63) is 87.9 Å². The van der Waals surface area contributed by atoms with Crippen LogP contribution in [0.5, 0.6) is 0 Å². The van der Waals surface area contributed by atoms with Crippen LogP contribution in [0.15, 0.2) is 60.7 Å². The van der Waals surface area contributed by atoms with E-state index in [4.69, 9.17) is 16.3 Å². The van der Waals surface area contributed by atoms with Gasteiger partial charge in [-0.3, -0.25) is 4.90 Å². The molecule has 0 spiro atoms. The predicted molar refractivity (Wildman–Crippen MR) is 158 cm³/mol. The number of anilines is 1. The standard InChI is InChI=1S/C32H36ClN3O4/c1-32(2,3)40-31(39)34-18-21-4-12-28(22-5-9-26(33)10-6-22)25(16-21)19-35-14-15-36-27(20-35)11-7-23-17-24(30(37)38)8-13-29(23)36/h4-6,8-10,12-13,16-17,27H,7,11,14-15,18-20H2,1-3H3,(H,34,39)(H,37,38)/t27-/m1/s1. The van der Waals surface area contributed by atoms with Gasteiger partial charge in [0.2, 0.25) is 0 Å². The number of alkyl carbamates (subject to hydrolysis) is 1. The fourth-order valence-electron chi connectivity index (χ4n) is 5.68. The molecule has 1 saturated heterocycles. The van der Waals surface area contributed by atoms with E-state index in [1.807, 2.05) is 63.2 Å². The molecule has 0 saturated carbocycles. The summed E-state index contributed by atoms with van der Waals surface area (Å²) in [6.45, 7) is 9.44. The highest BCUT2D eigenvalue weighted by molar-refractivity contribution is 6.30. The Morgan fingerprint density at radius 3 is 2.55 bits per heavy atom. The van der Waals surface area contributed by atoms with E-state index in [1.165, 1.54) is 5.56 Å². The van der Waals surface area contributed by atoms with Gasteiger partial charge in [0.25, 0.3) is 0 Å². The fourth-order valence-corrected chi connectivity index (χ4v) is 5.80. The molecule has 1 amide bonds. The van der Waals surface area contributed by atoms with Gasteiger partial charge in [-0.15, -0.1) is 0 Å². The normalized spacial score (nSPS) is 17.1. The fraction of sp³-hybridized carbons (Fsp3) is 0.375. The Labute approximate surface area is 240 Å². The third-order valence-electron chi connectivity index (χ3n) is 7.50. The third-order valence-corrected chi connectivity index (χ3v) is 7.76. The van der Waals surface area contributed by atoms with Crippen LogP contribution in [0.2, 0.25) is 5.02 Å². The molecular formula is C32H36ClN3O4. The molecule has 0 bridgehead atoms. The van der Waals surface area contributed by atoms with Crippen LogP contribution in [-0.2, 0) is 24.2 Å². The molecule has 0 unspecified atom stereocenters. The molecule has 2 heterocycles. The lowest BCUT2D eigenvalue weighted by molar-refractivity contribution is 0.0523. The minimum atomic E-state index is -0.880. The lowest BCUT2D eigenvalue weighted by Gasteiger charge is -2.46. The minimum absolute atomic E-state index is 0.353. The molecule has 3 aromatic carbocycles. The Kier molecular flexibility index (Phi) is 8.06. The Bertz CT molecular complexity index is 1400. The van der Waals surface area contributed by atoms with Gasteiger partial charge in [-0.2, -0.15) is 0 Å². The van der Waals surface area contributed by atoms with Crippen LogP contribution in [0.3, 0.4) is 0 Å². The van der Waals surface area contributed by atoms with Crippen molar-refractivity contribution >= 4 is 29.4 Å². The zero-order valence-electron chi connectivity index (χ0n) is 23.2. The van der Waals surface area contributed by atoms with Crippen LogP contribution in [0.25, 0.3) is 11.1 Å². The molecular weight excluding hydrogens is 526 g/mol. The number of carbonyl (C=O) groups excluding carboxylic acids is 1. The van der Waals surface area contributed by atoms with E-state index in [-0.39, 0.29) is 0 Å². The van der Waals surface area contributed by atoms with Crippen LogP contribution in [-0.4, -0.2) is 53.3 Å². The maximum Gasteiger partial charge on any atom is 0.407 e. The van der Waals surface area contributed by atoms with Gasteiger partial charge < -0.3 is 20.1 Å². The number of halogens is 1. The first-order valence-corrected chi connectivity index (χ1v) is 14.1. The summed E-state index contributed by atoms with van der Waals surface area (Å²) in [5, 5.41) is 13.0. The number of carboxylic acid groups (broad SMARTS) is 1. The molecule has 0 aliphatic carbocycles. The second-order valence-corrected chi connectivity index (χ2v) is 12.1. The monoisotopic (exact) mass is 561 g/mol. The summed E-state index contributed by atoms with van der Waals surface area (Å²) in [6.07, 6.45) is 1.45. The van der Waals surface area contributed by atoms with Crippen molar-refractivity contribution in [1.82, 2.24) is 10.2 Å². The van der Waals surface area contributed by atoms with Crippen LogP contribution < -0.4 is 10.2 Å². The van der Waals surface area contributed by atoms with Gasteiger partial charge in [-0.1, -0.05) is 41.9 Å². The highest BCUT2D eigenvalue weighted by atomic mass is 35.5. The quantitative estimate of drug-likeness (QED) is 0.364. The smallest absolute Gasteiger partial charge is 0.407 e. The van der Waals surface area contributed by atoms with Gasteiger partial charge in [0.1, 0.15) is 5.60 Å². The van der Waals surface area contributed by atoms with E-state index in [2.05, 4.69) is 27.2 Å². The van der Waals surface area contributed by atoms with Crippen LogP contribution >= 0.6 is 11.6 Å². The molecule has 1 atom stereocenters. The molecule has 0 aromatic heterocycles. The number of carboxylic acids is 1. The predicted octanol–water partition coefficient (Wildman–Crippen LogP) is 6.37. The third kappa shape index (κ3) is 6.60. The first-order chi connectivity index (χ1) is 19.1. The summed E-state index contributed by atoms with van der Waals surface area (Å²) in [6, 6.07) is 20.2. The molecule has 2 aliphatic rings. The van der Waals surface area contributed by atoms with Crippen molar-refractivity contribution in [2.24, 2.45) is 0 Å². The number of fused-ring (bicyclic) bond motifs is 3. The van der Waals surface area contributed by atoms with Gasteiger partial charge >= 0.3 is 12.1 Å². The molecule has 5 rings (SSSR count). The number of nitrogens with one attached hydrogen (secondary N) is 1. The van der Waals surface area contributed by atoms with Crippen molar-refractivity contribution in [3.8, 4) is 11.1 Å². The van der Waals surface area contributed by atoms with E-state index in [0.29, 0.717) is 23.2 Å². The van der Waals surface area contributed by atoms with Gasteiger partial charge in [0.05, 0.1) is 5.56 Å². The first kappa shape index (κ1) is 28.0. The Morgan fingerprint density at radius 1 is 1.05 bits per heavy atom. The SMILES string of the molecule is CC(C)(C)OC(=O)NCc1ccc(-c2ccc(Cl)cc2)c(CN2CCN3c4ccc(C(=O)O)cc4CC[C@@H]3C2)c1. The number of amides is 1. The lowest BCUT2D eigenvalue weighted by Crippen LogP contribution is -2.54. The van der Waals surface area contributed by atoms with E-state index in [1.54, 1.807) is 6.07 Å². The first-order valence-electron chi connectivity index (χ1n) is 13.8. The second-order valence-electron chi connectivity index (χ2n) is 11.6. The largest absolute Gasteiger partial charge is 0.478 e. The number of benzene rings is 3. The van der Waals surface area contributed by atoms with Crippen LogP contribution in [0.4, 0.5) is 10.5 Å². The molecule has 210 valence electrons. The molecule has 1 fully saturated rings. The zero-order valence-corrected chi connectivity index (χ0v) is 24.0. The van der Waals surface area contributed by atoms with Gasteiger partial charge in [-0.05, 0) is 91.8 Å². The zero-order chi connectivity index (χ0) is 28.4. The van der Waals surface area contributed by atoms with Crippen molar-refractivity contribution in [2.75, 3.05) is 24.5 Å². The van der Waals surface area contributed by atoms with Crippen molar-refractivity contribution < 1.29 is 19.4 Å². The van der Waals surface area contributed by atoms with Gasteiger partial charge in [0, 0.05) is 49.5 Å². The molecule has 40 heavy (non-hydrogen) atoms. The average Bonchev–Trinajstić information content (AvgIpc) is 2.91. The van der Waals surface area contributed by atoms with E-state index in [0.717, 1.165) is 67.0 Å². The number of piperazine rings is 1. The summed E-state index contributed by atoms with van der Waals surface area (Å²) in [5.74, 6) is -0.880. The van der Waals surface area contributed by atoms with Crippen molar-refractivity contribution in [3.63, 3.8) is 0 Å². The number of rotatable bonds is 6. The molecule has 2 aliphatic heterocycles. The Hall–Kier alpha value is -3.55. The summed E-state index contributed by atoms with van der Waals surface area (Å²) in [7, 11) is 0. The molecule has 2 N–H and O–H groups in total. The number of hydrogen-bond donors (Lipinski definition) is 2. The van der Waals surface area contributed by atoms with Crippen LogP contribution in [0.1, 0.15) is 54.2 Å². The number of aromatic carboxylic acids is 1. The number of carbonyl (C=O) groups is 2. The van der Waals surface area contributed by atoms with Crippen molar-refractivity contribution in [1.29, 1.82) is 0 Å². The average molecular weight is 562 g/mol. The maximum atomic E-state index is 12.2. The van der Waals surface area contributed by atoms with Gasteiger partial charge in [0.15, 0.2) is 0 Å². The number of nitrogens with zero attached hydrogens (tertiary/aromatic N) is 2. The Morgan fingerprint density at radius 2 is 1.82 bits per heavy atom. The highest BCUT2D eigenvalue weighted by Crippen LogP contribution is 2.34. The molecule has 7 nitrogen and oxygen atoms in total.